The van der Waals surface area contributed by atoms with Gasteiger partial charge in [0.1, 0.15) is 6.04 Å². The summed E-state index contributed by atoms with van der Waals surface area (Å²) in [7, 11) is -3.96. The first-order valence-electron chi connectivity index (χ1n) is 13.9. The van der Waals surface area contributed by atoms with Crippen molar-refractivity contribution in [2.24, 2.45) is 5.92 Å². The zero-order valence-corrected chi connectivity index (χ0v) is 25.2. The summed E-state index contributed by atoms with van der Waals surface area (Å²) in [5, 5.41) is 20.2. The number of aliphatic hydroxyl groups excluding tert-OH is 1. The van der Waals surface area contributed by atoms with Gasteiger partial charge in [-0.25, -0.2) is 13.4 Å². The number of rotatable bonds is 13. The van der Waals surface area contributed by atoms with E-state index in [-0.39, 0.29) is 42.3 Å². The summed E-state index contributed by atoms with van der Waals surface area (Å²) in [5.41, 5.74) is 3.26. The van der Waals surface area contributed by atoms with Crippen LogP contribution in [0.25, 0.3) is 10.2 Å². The summed E-state index contributed by atoms with van der Waals surface area (Å²) in [6.07, 6.45) is 0.670. The molecule has 1 aromatic heterocycles. The molecule has 1 aliphatic heterocycles. The van der Waals surface area contributed by atoms with E-state index in [0.29, 0.717) is 6.42 Å². The Morgan fingerprint density at radius 1 is 1.12 bits per heavy atom. The lowest BCUT2D eigenvalue weighted by Gasteiger charge is -2.31. The van der Waals surface area contributed by atoms with Crippen LogP contribution in [0.3, 0.4) is 0 Å². The van der Waals surface area contributed by atoms with Gasteiger partial charge in [0.05, 0.1) is 38.8 Å². The number of hydrogen-bond donors (Lipinski definition) is 4. The SMILES string of the molecule is CC(C)CN(C[C@@H](O)[C@H](Cc1ccccc1)NC(=O)[C@H](C)NC(=O)[C@@H]1CCCN1)S(=O)(=O)c1ccc2ncsc2c1. The Morgan fingerprint density at radius 2 is 1.88 bits per heavy atom. The number of amides is 2. The van der Waals surface area contributed by atoms with Crippen molar-refractivity contribution in [2.45, 2.75) is 69.2 Å². The summed E-state index contributed by atoms with van der Waals surface area (Å²) in [5.74, 6) is -0.701. The summed E-state index contributed by atoms with van der Waals surface area (Å²) in [6.45, 7) is 6.15. The largest absolute Gasteiger partial charge is 0.390 e. The molecule has 0 unspecified atom stereocenters. The van der Waals surface area contributed by atoms with Crippen molar-refractivity contribution in [2.75, 3.05) is 19.6 Å². The molecule has 1 fully saturated rings. The van der Waals surface area contributed by atoms with Crippen LogP contribution in [0.5, 0.6) is 0 Å². The fourth-order valence-electron chi connectivity index (χ4n) is 4.91. The van der Waals surface area contributed by atoms with Crippen LogP contribution in [0.15, 0.2) is 58.9 Å². The third-order valence-electron chi connectivity index (χ3n) is 7.12. The highest BCUT2D eigenvalue weighted by atomic mass is 32.2. The lowest BCUT2D eigenvalue weighted by molar-refractivity contribution is -0.130. The van der Waals surface area contributed by atoms with Gasteiger partial charge in [0.15, 0.2) is 0 Å². The minimum atomic E-state index is -3.96. The third kappa shape index (κ3) is 8.10. The van der Waals surface area contributed by atoms with Gasteiger partial charge in [-0.3, -0.25) is 9.59 Å². The molecule has 41 heavy (non-hydrogen) atoms. The molecule has 2 amide bonds. The maximum Gasteiger partial charge on any atom is 0.243 e. The van der Waals surface area contributed by atoms with E-state index in [9.17, 15) is 23.1 Å². The summed E-state index contributed by atoms with van der Waals surface area (Å²) >= 11 is 1.36. The summed E-state index contributed by atoms with van der Waals surface area (Å²) in [6, 6.07) is 12.2. The molecule has 12 heteroatoms. The van der Waals surface area contributed by atoms with Crippen LogP contribution in [0.2, 0.25) is 0 Å². The number of sulfonamides is 1. The standard InChI is InChI=1S/C29H39N5O5S2/c1-19(2)16-34(41(38,39)22-11-12-23-27(15-22)40-18-31-23)17-26(35)25(14-21-8-5-4-6-9-21)33-28(36)20(3)32-29(37)24-10-7-13-30-24/h4-6,8-9,11-12,15,18-20,24-26,30,35H,7,10,13-14,16-17H2,1-3H3,(H,32,37)(H,33,36)/t20-,24-,25-,26+/m0/s1. The predicted octanol–water partition coefficient (Wildman–Crippen LogP) is 2.29. The number of fused-ring (bicyclic) bond motifs is 1. The molecule has 4 rings (SSSR count). The van der Waals surface area contributed by atoms with Crippen LogP contribution in [-0.2, 0) is 26.0 Å². The normalized spacial score (nSPS) is 18.0. The number of aliphatic hydroxyl groups is 1. The van der Waals surface area contributed by atoms with Crippen LogP contribution in [-0.4, -0.2) is 78.5 Å². The maximum atomic E-state index is 13.8. The van der Waals surface area contributed by atoms with Crippen LogP contribution in [0.4, 0.5) is 0 Å². The molecule has 1 aliphatic rings. The summed E-state index contributed by atoms with van der Waals surface area (Å²) < 4.78 is 29.6. The fourth-order valence-corrected chi connectivity index (χ4v) is 7.34. The molecular weight excluding hydrogens is 562 g/mol. The molecule has 0 aliphatic carbocycles. The van der Waals surface area contributed by atoms with E-state index in [2.05, 4.69) is 20.9 Å². The quantitative estimate of drug-likeness (QED) is 0.236. The number of benzene rings is 2. The van der Waals surface area contributed by atoms with Gasteiger partial charge < -0.3 is 21.1 Å². The average Bonchev–Trinajstić information content (AvgIpc) is 3.64. The van der Waals surface area contributed by atoms with Crippen molar-refractivity contribution in [1.29, 1.82) is 0 Å². The first-order valence-corrected chi connectivity index (χ1v) is 16.3. The molecule has 0 spiro atoms. The van der Waals surface area contributed by atoms with Crippen molar-refractivity contribution in [1.82, 2.24) is 25.2 Å². The highest BCUT2D eigenvalue weighted by Gasteiger charge is 2.33. The second-order valence-corrected chi connectivity index (χ2v) is 13.8. The minimum Gasteiger partial charge on any atom is -0.390 e. The highest BCUT2D eigenvalue weighted by molar-refractivity contribution is 7.89. The monoisotopic (exact) mass is 601 g/mol. The zero-order chi connectivity index (χ0) is 29.6. The summed E-state index contributed by atoms with van der Waals surface area (Å²) in [4.78, 5) is 30.1. The zero-order valence-electron chi connectivity index (χ0n) is 23.6. The molecule has 4 atom stereocenters. The van der Waals surface area contributed by atoms with E-state index in [1.54, 1.807) is 24.6 Å². The number of nitrogens with one attached hydrogen (secondary N) is 3. The Morgan fingerprint density at radius 3 is 2.56 bits per heavy atom. The van der Waals surface area contributed by atoms with Gasteiger partial charge in [-0.15, -0.1) is 11.3 Å². The van der Waals surface area contributed by atoms with Gasteiger partial charge in [-0.2, -0.15) is 4.31 Å². The Hall–Kier alpha value is -2.90. The van der Waals surface area contributed by atoms with Crippen LogP contribution in [0.1, 0.15) is 39.2 Å². The van der Waals surface area contributed by atoms with Crippen molar-refractivity contribution >= 4 is 43.4 Å². The molecule has 2 heterocycles. The topological polar surface area (TPSA) is 141 Å². The van der Waals surface area contributed by atoms with Gasteiger partial charge in [-0.05, 0) is 62.4 Å². The van der Waals surface area contributed by atoms with Crippen LogP contribution >= 0.6 is 11.3 Å². The van der Waals surface area contributed by atoms with Gasteiger partial charge >= 0.3 is 0 Å². The maximum absolute atomic E-state index is 13.8. The lowest BCUT2D eigenvalue weighted by Crippen LogP contribution is -2.56. The molecule has 3 aromatic rings. The van der Waals surface area contributed by atoms with Gasteiger partial charge in [0, 0.05) is 13.1 Å². The Labute approximate surface area is 245 Å². The number of nitrogens with zero attached hydrogens (tertiary/aromatic N) is 2. The molecular formula is C29H39N5O5S2. The molecule has 0 saturated carbocycles. The first-order chi connectivity index (χ1) is 19.5. The highest BCUT2D eigenvalue weighted by Crippen LogP contribution is 2.25. The molecule has 222 valence electrons. The number of hydrogen-bond acceptors (Lipinski definition) is 8. The van der Waals surface area contributed by atoms with E-state index >= 15 is 0 Å². The Bertz CT molecular complexity index is 1420. The predicted molar refractivity (Wildman–Crippen MR) is 160 cm³/mol. The number of carbonyl (C=O) groups is 2. The van der Waals surface area contributed by atoms with Crippen molar-refractivity contribution in [3.05, 3.63) is 59.6 Å². The minimum absolute atomic E-state index is 0.00861. The van der Waals surface area contributed by atoms with Crippen LogP contribution in [0, 0.1) is 5.92 Å². The Balaban J connectivity index is 1.53. The van der Waals surface area contributed by atoms with Gasteiger partial charge in [0.2, 0.25) is 21.8 Å². The Kier molecular flexibility index (Phi) is 10.5. The number of carbonyl (C=O) groups excluding carboxylic acids is 2. The van der Waals surface area contributed by atoms with Crippen molar-refractivity contribution < 1.29 is 23.1 Å². The van der Waals surface area contributed by atoms with Gasteiger partial charge in [-0.1, -0.05) is 44.2 Å². The molecule has 1 saturated heterocycles. The van der Waals surface area contributed by atoms with E-state index in [0.717, 1.165) is 28.7 Å². The lowest BCUT2D eigenvalue weighted by atomic mass is 10.0. The molecule has 2 aromatic carbocycles. The molecule has 0 bridgehead atoms. The second kappa shape index (κ2) is 13.8. The number of thiazole rings is 1. The molecule has 0 radical (unpaired) electrons. The van der Waals surface area contributed by atoms with Crippen molar-refractivity contribution in [3.63, 3.8) is 0 Å². The first kappa shape index (κ1) is 31.0. The van der Waals surface area contributed by atoms with E-state index < -0.39 is 34.1 Å². The van der Waals surface area contributed by atoms with E-state index in [1.807, 2.05) is 44.2 Å². The third-order valence-corrected chi connectivity index (χ3v) is 9.74. The van der Waals surface area contributed by atoms with E-state index in [4.69, 9.17) is 0 Å². The smallest absolute Gasteiger partial charge is 0.243 e. The van der Waals surface area contributed by atoms with Crippen molar-refractivity contribution in [3.8, 4) is 0 Å². The molecule has 10 nitrogen and oxygen atoms in total. The fraction of sp³-hybridized carbons (Fsp3) is 0.483. The average molecular weight is 602 g/mol. The second-order valence-electron chi connectivity index (χ2n) is 10.9. The molecule has 4 N–H and O–H groups in total. The van der Waals surface area contributed by atoms with Gasteiger partial charge in [0.25, 0.3) is 0 Å². The van der Waals surface area contributed by atoms with E-state index in [1.165, 1.54) is 21.7 Å². The number of aromatic nitrogens is 1. The van der Waals surface area contributed by atoms with Crippen LogP contribution < -0.4 is 16.0 Å².